The van der Waals surface area contributed by atoms with Gasteiger partial charge in [-0.2, -0.15) is 0 Å². The molecule has 1 aromatic rings. The molecule has 1 aromatic carbocycles. The van der Waals surface area contributed by atoms with Gasteiger partial charge in [0.2, 0.25) is 0 Å². The Kier molecular flexibility index (Phi) is 2.69. The third-order valence-corrected chi connectivity index (χ3v) is 3.31. The molecule has 15 heavy (non-hydrogen) atoms. The van der Waals surface area contributed by atoms with Crippen molar-refractivity contribution in [2.45, 2.75) is 31.2 Å². The van der Waals surface area contributed by atoms with Gasteiger partial charge in [-0.05, 0) is 37.8 Å². The zero-order valence-electron chi connectivity index (χ0n) is 8.19. The molecule has 0 radical (unpaired) electrons. The quantitative estimate of drug-likeness (QED) is 0.795. The smallest absolute Gasteiger partial charge is 0.142 e. The van der Waals surface area contributed by atoms with Crippen molar-refractivity contribution in [2.24, 2.45) is 5.73 Å². The van der Waals surface area contributed by atoms with E-state index in [-0.39, 0.29) is 16.1 Å². The molecule has 0 atom stereocenters. The Morgan fingerprint density at radius 3 is 2.47 bits per heavy atom. The number of hydrogen-bond donors (Lipinski definition) is 1. The van der Waals surface area contributed by atoms with E-state index in [1.165, 1.54) is 0 Å². The summed E-state index contributed by atoms with van der Waals surface area (Å²) in [6, 6.07) is 2.14. The van der Waals surface area contributed by atoms with Gasteiger partial charge in [0.25, 0.3) is 0 Å². The molecule has 2 rings (SSSR count). The van der Waals surface area contributed by atoms with Crippen LogP contribution in [0.15, 0.2) is 12.1 Å². The fraction of sp³-hybridized carbons (Fsp3) is 0.455. The molecule has 0 aliphatic heterocycles. The van der Waals surface area contributed by atoms with Crippen molar-refractivity contribution in [3.63, 3.8) is 0 Å². The lowest BCUT2D eigenvalue weighted by Crippen LogP contribution is -2.22. The van der Waals surface area contributed by atoms with E-state index in [4.69, 9.17) is 17.3 Å². The molecular formula is C11H12ClF2N. The van der Waals surface area contributed by atoms with Crippen molar-refractivity contribution in [3.05, 3.63) is 34.4 Å². The molecule has 82 valence electrons. The Morgan fingerprint density at radius 2 is 1.87 bits per heavy atom. The third kappa shape index (κ3) is 2.29. The van der Waals surface area contributed by atoms with Gasteiger partial charge in [-0.3, -0.25) is 0 Å². The van der Waals surface area contributed by atoms with Gasteiger partial charge in [0.15, 0.2) is 0 Å². The van der Waals surface area contributed by atoms with Gasteiger partial charge in [0.1, 0.15) is 11.6 Å². The van der Waals surface area contributed by atoms with Crippen LogP contribution in [0.4, 0.5) is 8.78 Å². The van der Waals surface area contributed by atoms with E-state index >= 15 is 0 Å². The van der Waals surface area contributed by atoms with Crippen LogP contribution >= 0.6 is 11.6 Å². The lowest BCUT2D eigenvalue weighted by Gasteiger charge is -2.10. The molecule has 1 nitrogen and oxygen atoms in total. The van der Waals surface area contributed by atoms with Crippen molar-refractivity contribution >= 4 is 11.6 Å². The molecule has 0 bridgehead atoms. The maximum Gasteiger partial charge on any atom is 0.142 e. The Bertz CT molecular complexity index is 388. The average Bonchev–Trinajstić information content (AvgIpc) is 2.91. The highest BCUT2D eigenvalue weighted by Gasteiger charge is 2.37. The molecule has 2 N–H and O–H groups in total. The predicted molar refractivity (Wildman–Crippen MR) is 55.8 cm³/mol. The fourth-order valence-electron chi connectivity index (χ4n) is 1.58. The van der Waals surface area contributed by atoms with Crippen molar-refractivity contribution in [3.8, 4) is 0 Å². The van der Waals surface area contributed by atoms with Crippen LogP contribution in [0.1, 0.15) is 24.8 Å². The van der Waals surface area contributed by atoms with E-state index < -0.39 is 11.6 Å². The Morgan fingerprint density at radius 1 is 1.27 bits per heavy atom. The van der Waals surface area contributed by atoms with Gasteiger partial charge in [-0.25, -0.2) is 8.78 Å². The van der Waals surface area contributed by atoms with Crippen LogP contribution in [0.2, 0.25) is 5.02 Å². The van der Waals surface area contributed by atoms with Crippen LogP contribution in [-0.4, -0.2) is 5.54 Å². The first kappa shape index (κ1) is 10.8. The Labute approximate surface area is 92.2 Å². The van der Waals surface area contributed by atoms with Crippen LogP contribution in [-0.2, 0) is 6.42 Å². The molecular weight excluding hydrogens is 220 g/mol. The lowest BCUT2D eigenvalue weighted by atomic mass is 10.0. The molecule has 0 heterocycles. The minimum Gasteiger partial charge on any atom is -0.325 e. The summed E-state index contributed by atoms with van der Waals surface area (Å²) >= 11 is 5.69. The van der Waals surface area contributed by atoms with Crippen molar-refractivity contribution in [2.75, 3.05) is 0 Å². The van der Waals surface area contributed by atoms with Crippen LogP contribution in [0.25, 0.3) is 0 Å². The fourth-order valence-corrected chi connectivity index (χ4v) is 1.83. The summed E-state index contributed by atoms with van der Waals surface area (Å²) in [5, 5.41) is -0.112. The van der Waals surface area contributed by atoms with E-state index in [1.54, 1.807) is 0 Å². The highest BCUT2D eigenvalue weighted by atomic mass is 35.5. The number of halogens is 3. The van der Waals surface area contributed by atoms with Crippen molar-refractivity contribution in [1.29, 1.82) is 0 Å². The molecule has 0 unspecified atom stereocenters. The molecule has 0 spiro atoms. The first-order chi connectivity index (χ1) is 7.02. The van der Waals surface area contributed by atoms with Crippen LogP contribution in [0.3, 0.4) is 0 Å². The SMILES string of the molecule is NC1(CCc2c(F)ccc(F)c2Cl)CC1. The summed E-state index contributed by atoms with van der Waals surface area (Å²) in [6.45, 7) is 0. The summed E-state index contributed by atoms with van der Waals surface area (Å²) in [7, 11) is 0. The second-order valence-electron chi connectivity index (χ2n) is 4.18. The Balaban J connectivity index is 2.16. The number of rotatable bonds is 3. The molecule has 1 aliphatic carbocycles. The van der Waals surface area contributed by atoms with Gasteiger partial charge >= 0.3 is 0 Å². The van der Waals surface area contributed by atoms with Crippen LogP contribution < -0.4 is 5.73 Å². The number of hydrogen-bond acceptors (Lipinski definition) is 1. The highest BCUT2D eigenvalue weighted by molar-refractivity contribution is 6.31. The minimum atomic E-state index is -0.574. The minimum absolute atomic E-state index is 0.112. The van der Waals surface area contributed by atoms with Gasteiger partial charge in [0.05, 0.1) is 5.02 Å². The first-order valence-corrected chi connectivity index (χ1v) is 5.31. The molecule has 1 fully saturated rings. The Hall–Kier alpha value is -0.670. The van der Waals surface area contributed by atoms with E-state index in [0.717, 1.165) is 25.0 Å². The topological polar surface area (TPSA) is 26.0 Å². The third-order valence-electron chi connectivity index (χ3n) is 2.90. The molecule has 1 aliphatic rings. The largest absolute Gasteiger partial charge is 0.325 e. The second-order valence-corrected chi connectivity index (χ2v) is 4.56. The van der Waals surface area contributed by atoms with Crippen molar-refractivity contribution in [1.82, 2.24) is 0 Å². The van der Waals surface area contributed by atoms with Crippen LogP contribution in [0, 0.1) is 11.6 Å². The van der Waals surface area contributed by atoms with Gasteiger partial charge < -0.3 is 5.73 Å². The zero-order valence-corrected chi connectivity index (χ0v) is 8.95. The summed E-state index contributed by atoms with van der Waals surface area (Å²) < 4.78 is 26.4. The monoisotopic (exact) mass is 231 g/mol. The molecule has 0 aromatic heterocycles. The van der Waals surface area contributed by atoms with E-state index in [9.17, 15) is 8.78 Å². The van der Waals surface area contributed by atoms with Crippen LogP contribution in [0.5, 0.6) is 0 Å². The normalized spacial score (nSPS) is 17.9. The lowest BCUT2D eigenvalue weighted by molar-refractivity contribution is 0.558. The first-order valence-electron chi connectivity index (χ1n) is 4.93. The zero-order chi connectivity index (χ0) is 11.1. The summed E-state index contributed by atoms with van der Waals surface area (Å²) in [5.41, 5.74) is 5.95. The average molecular weight is 232 g/mol. The molecule has 1 saturated carbocycles. The number of nitrogens with two attached hydrogens (primary N) is 1. The standard InChI is InChI=1S/C11H12ClF2N/c12-10-7(3-4-11(15)5-6-11)8(13)1-2-9(10)14/h1-2H,3-6,15H2. The van der Waals surface area contributed by atoms with E-state index in [2.05, 4.69) is 0 Å². The van der Waals surface area contributed by atoms with Gasteiger partial charge in [-0.1, -0.05) is 11.6 Å². The molecule has 4 heteroatoms. The van der Waals surface area contributed by atoms with Gasteiger partial charge in [-0.15, -0.1) is 0 Å². The molecule has 0 saturated heterocycles. The second kappa shape index (κ2) is 3.72. The summed E-state index contributed by atoms with van der Waals surface area (Å²) in [6.07, 6.45) is 2.98. The highest BCUT2D eigenvalue weighted by Crippen LogP contribution is 2.37. The summed E-state index contributed by atoms with van der Waals surface area (Å²) in [5.74, 6) is -1.03. The maximum atomic E-state index is 13.3. The predicted octanol–water partition coefficient (Wildman–Crippen LogP) is 3.04. The van der Waals surface area contributed by atoms with Crippen molar-refractivity contribution < 1.29 is 8.78 Å². The van der Waals surface area contributed by atoms with E-state index in [1.807, 2.05) is 0 Å². The molecule has 0 amide bonds. The van der Waals surface area contributed by atoms with Gasteiger partial charge in [0, 0.05) is 11.1 Å². The number of benzene rings is 1. The summed E-state index contributed by atoms with van der Waals surface area (Å²) in [4.78, 5) is 0. The maximum absolute atomic E-state index is 13.3. The van der Waals surface area contributed by atoms with E-state index in [0.29, 0.717) is 12.8 Å².